The summed E-state index contributed by atoms with van der Waals surface area (Å²) in [5.74, 6) is 3.31. The van der Waals surface area contributed by atoms with E-state index in [1.807, 2.05) is 24.3 Å². The van der Waals surface area contributed by atoms with Gasteiger partial charge in [0.1, 0.15) is 18.1 Å². The van der Waals surface area contributed by atoms with Crippen molar-refractivity contribution < 1.29 is 9.47 Å². The van der Waals surface area contributed by atoms with Gasteiger partial charge in [-0.25, -0.2) is 0 Å². The van der Waals surface area contributed by atoms with Gasteiger partial charge in [-0.15, -0.1) is 12.4 Å². The number of likely N-dealkylation sites (tertiary alicyclic amines) is 1. The summed E-state index contributed by atoms with van der Waals surface area (Å²) >= 11 is 0. The maximum atomic E-state index is 6.16. The van der Waals surface area contributed by atoms with E-state index in [1.165, 1.54) is 19.4 Å². The zero-order valence-corrected chi connectivity index (χ0v) is 13.3. The Morgan fingerprint density at radius 3 is 2.52 bits per heavy atom. The number of benzene rings is 1. The number of nitrogens with zero attached hydrogens (tertiary/aromatic N) is 1. The van der Waals surface area contributed by atoms with Crippen molar-refractivity contribution in [2.45, 2.75) is 18.9 Å². The molecule has 21 heavy (non-hydrogen) atoms. The zero-order chi connectivity index (χ0) is 13.9. The molecule has 3 rings (SSSR count). The predicted molar refractivity (Wildman–Crippen MR) is 86.4 cm³/mol. The van der Waals surface area contributed by atoms with Gasteiger partial charge in [-0.05, 0) is 48.9 Å². The van der Waals surface area contributed by atoms with Crippen molar-refractivity contribution in [2.24, 2.45) is 17.6 Å². The van der Waals surface area contributed by atoms with Crippen LogP contribution < -0.4 is 15.2 Å². The van der Waals surface area contributed by atoms with Crippen LogP contribution in [-0.2, 0) is 0 Å². The van der Waals surface area contributed by atoms with Gasteiger partial charge >= 0.3 is 0 Å². The first kappa shape index (κ1) is 16.4. The van der Waals surface area contributed by atoms with Gasteiger partial charge in [0.2, 0.25) is 0 Å². The van der Waals surface area contributed by atoms with Crippen LogP contribution in [0.1, 0.15) is 12.8 Å². The molecule has 2 fully saturated rings. The summed E-state index contributed by atoms with van der Waals surface area (Å²) in [7, 11) is 1.67. The Morgan fingerprint density at radius 1 is 1.14 bits per heavy atom. The van der Waals surface area contributed by atoms with E-state index in [0.29, 0.717) is 6.04 Å². The van der Waals surface area contributed by atoms with Crippen molar-refractivity contribution in [3.8, 4) is 11.5 Å². The van der Waals surface area contributed by atoms with Crippen LogP contribution in [0.25, 0.3) is 0 Å². The first-order chi connectivity index (χ1) is 9.76. The number of rotatable bonds is 5. The minimum Gasteiger partial charge on any atom is -0.497 e. The zero-order valence-electron chi connectivity index (χ0n) is 12.5. The summed E-state index contributed by atoms with van der Waals surface area (Å²) in [6.45, 7) is 4.08. The molecular formula is C16H25ClN2O2. The fourth-order valence-corrected chi connectivity index (χ4v) is 3.55. The Bertz CT molecular complexity index is 440. The van der Waals surface area contributed by atoms with E-state index in [0.717, 1.165) is 43.0 Å². The second-order valence-corrected chi connectivity index (χ2v) is 5.95. The van der Waals surface area contributed by atoms with E-state index in [-0.39, 0.29) is 12.4 Å². The molecule has 1 aliphatic heterocycles. The molecule has 1 aliphatic carbocycles. The molecule has 1 aromatic rings. The standard InChI is InChI=1S/C16H24N2O2.ClH/c1-19-13-3-5-14(6-4-13)20-9-8-18-10-12-2-7-16(17)15(12)11-18;/h3-6,12,15-16H,2,7-11,17H2,1H3;1H. The maximum Gasteiger partial charge on any atom is 0.119 e. The van der Waals surface area contributed by atoms with Crippen LogP contribution in [0.3, 0.4) is 0 Å². The van der Waals surface area contributed by atoms with Crippen LogP contribution in [0.5, 0.6) is 11.5 Å². The first-order valence-electron chi connectivity index (χ1n) is 7.51. The van der Waals surface area contributed by atoms with Crippen molar-refractivity contribution in [2.75, 3.05) is 33.4 Å². The summed E-state index contributed by atoms with van der Waals surface area (Å²) in [6.07, 6.45) is 2.52. The van der Waals surface area contributed by atoms with Crippen molar-refractivity contribution >= 4 is 12.4 Å². The molecular weight excluding hydrogens is 288 g/mol. The van der Waals surface area contributed by atoms with E-state index >= 15 is 0 Å². The molecule has 3 unspecified atom stereocenters. The Hall–Kier alpha value is -0.970. The maximum absolute atomic E-state index is 6.16. The molecule has 3 atom stereocenters. The van der Waals surface area contributed by atoms with E-state index in [1.54, 1.807) is 7.11 Å². The molecule has 1 saturated carbocycles. The van der Waals surface area contributed by atoms with Gasteiger partial charge in [-0.2, -0.15) is 0 Å². The van der Waals surface area contributed by atoms with Gasteiger partial charge in [0, 0.05) is 25.7 Å². The lowest BCUT2D eigenvalue weighted by Crippen LogP contribution is -2.32. The summed E-state index contributed by atoms with van der Waals surface area (Å²) in [5.41, 5.74) is 6.16. The molecule has 1 heterocycles. The van der Waals surface area contributed by atoms with Crippen molar-refractivity contribution in [3.63, 3.8) is 0 Å². The fraction of sp³-hybridized carbons (Fsp3) is 0.625. The molecule has 0 bridgehead atoms. The van der Waals surface area contributed by atoms with Gasteiger partial charge in [0.25, 0.3) is 0 Å². The van der Waals surface area contributed by atoms with E-state index in [4.69, 9.17) is 15.2 Å². The lowest BCUT2D eigenvalue weighted by Gasteiger charge is -2.18. The van der Waals surface area contributed by atoms with Crippen LogP contribution in [0.15, 0.2) is 24.3 Å². The third kappa shape index (κ3) is 3.82. The highest BCUT2D eigenvalue weighted by atomic mass is 35.5. The highest BCUT2D eigenvalue weighted by molar-refractivity contribution is 5.85. The summed E-state index contributed by atoms with van der Waals surface area (Å²) in [4.78, 5) is 2.50. The quantitative estimate of drug-likeness (QED) is 0.905. The predicted octanol–water partition coefficient (Wildman–Crippen LogP) is 2.16. The van der Waals surface area contributed by atoms with Crippen LogP contribution in [0, 0.1) is 11.8 Å². The molecule has 0 amide bonds. The highest BCUT2D eigenvalue weighted by Gasteiger charge is 2.40. The molecule has 0 aromatic heterocycles. The van der Waals surface area contributed by atoms with Gasteiger partial charge < -0.3 is 15.2 Å². The summed E-state index contributed by atoms with van der Waals surface area (Å²) < 4.78 is 10.9. The van der Waals surface area contributed by atoms with Crippen LogP contribution in [-0.4, -0.2) is 44.3 Å². The lowest BCUT2D eigenvalue weighted by molar-refractivity contribution is 0.225. The van der Waals surface area contributed by atoms with Crippen LogP contribution in [0.2, 0.25) is 0 Å². The van der Waals surface area contributed by atoms with Gasteiger partial charge in [0.15, 0.2) is 0 Å². The highest BCUT2D eigenvalue weighted by Crippen LogP contribution is 2.36. The SMILES string of the molecule is COc1ccc(OCCN2CC3CCC(N)C3C2)cc1.Cl. The number of nitrogens with two attached hydrogens (primary N) is 1. The third-order valence-corrected chi connectivity index (χ3v) is 4.72. The average Bonchev–Trinajstić information content (AvgIpc) is 3.02. The van der Waals surface area contributed by atoms with Crippen LogP contribution >= 0.6 is 12.4 Å². The minimum absolute atomic E-state index is 0. The Kier molecular flexibility index (Phi) is 5.73. The van der Waals surface area contributed by atoms with E-state index in [2.05, 4.69) is 4.90 Å². The number of hydrogen-bond acceptors (Lipinski definition) is 4. The monoisotopic (exact) mass is 312 g/mol. The lowest BCUT2D eigenvalue weighted by atomic mass is 9.98. The fourth-order valence-electron chi connectivity index (χ4n) is 3.55. The summed E-state index contributed by atoms with van der Waals surface area (Å²) in [5, 5.41) is 0. The number of halogens is 1. The molecule has 1 aromatic carbocycles. The Morgan fingerprint density at radius 2 is 1.86 bits per heavy atom. The number of methoxy groups -OCH3 is 1. The average molecular weight is 313 g/mol. The molecule has 4 nitrogen and oxygen atoms in total. The topological polar surface area (TPSA) is 47.7 Å². The largest absolute Gasteiger partial charge is 0.497 e. The molecule has 0 spiro atoms. The number of ether oxygens (including phenoxy) is 2. The van der Waals surface area contributed by atoms with E-state index < -0.39 is 0 Å². The first-order valence-corrected chi connectivity index (χ1v) is 7.51. The molecule has 118 valence electrons. The molecule has 2 aliphatic rings. The van der Waals surface area contributed by atoms with Crippen LogP contribution in [0.4, 0.5) is 0 Å². The Balaban J connectivity index is 0.00000161. The van der Waals surface area contributed by atoms with Gasteiger partial charge in [-0.3, -0.25) is 4.90 Å². The van der Waals surface area contributed by atoms with Gasteiger partial charge in [0.05, 0.1) is 7.11 Å². The minimum atomic E-state index is 0. The van der Waals surface area contributed by atoms with Crippen molar-refractivity contribution in [1.82, 2.24) is 4.90 Å². The molecule has 1 saturated heterocycles. The van der Waals surface area contributed by atoms with Crippen molar-refractivity contribution in [3.05, 3.63) is 24.3 Å². The third-order valence-electron chi connectivity index (χ3n) is 4.72. The summed E-state index contributed by atoms with van der Waals surface area (Å²) in [6, 6.07) is 8.18. The molecule has 5 heteroatoms. The second-order valence-electron chi connectivity index (χ2n) is 5.95. The van der Waals surface area contributed by atoms with Crippen molar-refractivity contribution in [1.29, 1.82) is 0 Å². The smallest absolute Gasteiger partial charge is 0.119 e. The number of hydrogen-bond donors (Lipinski definition) is 1. The van der Waals surface area contributed by atoms with E-state index in [9.17, 15) is 0 Å². The van der Waals surface area contributed by atoms with Gasteiger partial charge in [-0.1, -0.05) is 0 Å². The normalized spacial score (nSPS) is 28.0. The second kappa shape index (κ2) is 7.34. The molecule has 0 radical (unpaired) electrons. The Labute approximate surface area is 133 Å². The molecule has 2 N–H and O–H groups in total. The number of fused-ring (bicyclic) bond motifs is 1.